The number of rotatable bonds is 12. The van der Waals surface area contributed by atoms with Crippen LogP contribution in [-0.4, -0.2) is 61.1 Å². The second-order valence-corrected chi connectivity index (χ2v) is 14.9. The molecule has 0 bridgehead atoms. The molecular weight excluding hydrogens is 718 g/mol. The molecule has 0 saturated heterocycles. The smallest absolute Gasteiger partial charge is 0.275 e. The van der Waals surface area contributed by atoms with E-state index in [1.807, 2.05) is 51.1 Å². The van der Waals surface area contributed by atoms with Gasteiger partial charge in [0, 0.05) is 31.7 Å². The summed E-state index contributed by atoms with van der Waals surface area (Å²) in [5.74, 6) is -1.14. The summed E-state index contributed by atoms with van der Waals surface area (Å²) in [5, 5.41) is 6.84. The van der Waals surface area contributed by atoms with Crippen LogP contribution in [-0.2, 0) is 24.0 Å². The molecule has 5 aromatic rings. The van der Waals surface area contributed by atoms with E-state index in [1.165, 1.54) is 16.3 Å². The van der Waals surface area contributed by atoms with E-state index >= 15 is 0 Å². The van der Waals surface area contributed by atoms with Gasteiger partial charge in [-0.05, 0) is 85.3 Å². The van der Waals surface area contributed by atoms with Crippen molar-refractivity contribution in [3.05, 3.63) is 123 Å². The summed E-state index contributed by atoms with van der Waals surface area (Å²) >= 11 is 6.83. The van der Waals surface area contributed by atoms with Gasteiger partial charge in [0.05, 0.1) is 26.9 Å². The molecule has 3 amide bonds. The molecule has 1 aromatic heterocycles. The largest absolute Gasteiger partial charge is 0.337 e. The van der Waals surface area contributed by atoms with Gasteiger partial charge in [0.15, 0.2) is 16.7 Å². The van der Waals surface area contributed by atoms with E-state index in [1.54, 1.807) is 41.0 Å². The monoisotopic (exact) mass is 767 g/mol. The average molecular weight is 768 g/mol. The van der Waals surface area contributed by atoms with Crippen LogP contribution < -0.4 is 4.72 Å². The van der Waals surface area contributed by atoms with E-state index < -0.39 is 16.9 Å². The Labute approximate surface area is 326 Å². The molecule has 11 heteroatoms. The lowest BCUT2D eigenvalue weighted by Crippen LogP contribution is -2.37. The third-order valence-corrected chi connectivity index (χ3v) is 11.1. The van der Waals surface area contributed by atoms with E-state index in [0.29, 0.717) is 48.9 Å². The van der Waals surface area contributed by atoms with Crippen molar-refractivity contribution in [1.82, 2.24) is 24.3 Å². The summed E-state index contributed by atoms with van der Waals surface area (Å²) in [6.07, 6.45) is 4.30. The molecule has 6 rings (SSSR count). The predicted octanol–water partition coefficient (Wildman–Crippen LogP) is 9.02. The number of nitrogens with zero attached hydrogens (tertiary/aromatic N) is 4. The Morgan fingerprint density at radius 2 is 1.57 bits per heavy atom. The maximum atomic E-state index is 14.5. The zero-order valence-electron chi connectivity index (χ0n) is 32.1. The number of hydrogen-bond acceptors (Lipinski definition) is 5. The Bertz CT molecular complexity index is 2170. The van der Waals surface area contributed by atoms with Crippen LogP contribution in [0.4, 0.5) is 0 Å². The van der Waals surface area contributed by atoms with Crippen molar-refractivity contribution < 1.29 is 18.6 Å². The van der Waals surface area contributed by atoms with E-state index in [2.05, 4.69) is 36.8 Å². The van der Waals surface area contributed by atoms with Crippen molar-refractivity contribution in [3.63, 3.8) is 0 Å². The van der Waals surface area contributed by atoms with Gasteiger partial charge in [-0.25, -0.2) is 8.89 Å². The third kappa shape index (κ3) is 8.93. The third-order valence-electron chi connectivity index (χ3n) is 9.60. The summed E-state index contributed by atoms with van der Waals surface area (Å²) in [7, 11) is -1.85. The molecule has 54 heavy (non-hydrogen) atoms. The van der Waals surface area contributed by atoms with Gasteiger partial charge in [0.1, 0.15) is 0 Å². The first-order valence-electron chi connectivity index (χ1n) is 18.9. The molecule has 284 valence electrons. The predicted molar refractivity (Wildman–Crippen MR) is 218 cm³/mol. The number of nitrogens with one attached hydrogen (secondary N) is 1. The fourth-order valence-electron chi connectivity index (χ4n) is 6.56. The Kier molecular flexibility index (Phi) is 13.8. The van der Waals surface area contributed by atoms with E-state index in [0.717, 1.165) is 47.6 Å². The van der Waals surface area contributed by atoms with Crippen LogP contribution in [0.5, 0.6) is 0 Å². The van der Waals surface area contributed by atoms with Gasteiger partial charge in [-0.3, -0.25) is 19.1 Å². The first-order valence-corrected chi connectivity index (χ1v) is 20.4. The number of benzene rings is 4. The van der Waals surface area contributed by atoms with Crippen molar-refractivity contribution >= 4 is 51.1 Å². The molecule has 1 aliphatic heterocycles. The normalized spacial score (nSPS) is 12.8. The van der Waals surface area contributed by atoms with Gasteiger partial charge in [0.25, 0.3) is 17.7 Å². The Morgan fingerprint density at radius 1 is 0.870 bits per heavy atom. The quantitative estimate of drug-likeness (QED) is 0.137. The first-order chi connectivity index (χ1) is 26.1. The number of aryl methyl sites for hydroxylation is 1. The molecular formula is C43H50ClN5O4S. The molecule has 0 aliphatic carbocycles. The maximum Gasteiger partial charge on any atom is 0.275 e. The zero-order valence-corrected chi connectivity index (χ0v) is 33.7. The van der Waals surface area contributed by atoms with E-state index in [4.69, 9.17) is 16.7 Å². The average Bonchev–Trinajstić information content (AvgIpc) is 3.50. The minimum absolute atomic E-state index is 0.125. The lowest BCUT2D eigenvalue weighted by molar-refractivity contribution is 0.0732. The number of hydrogen-bond donors (Lipinski definition) is 1. The van der Waals surface area contributed by atoms with Crippen LogP contribution in [0.1, 0.15) is 107 Å². The van der Waals surface area contributed by atoms with Gasteiger partial charge in [-0.2, -0.15) is 5.10 Å². The molecule has 1 aliphatic rings. The first kappa shape index (κ1) is 40.4. The van der Waals surface area contributed by atoms with Crippen molar-refractivity contribution in [1.29, 1.82) is 0 Å². The van der Waals surface area contributed by atoms with Crippen molar-refractivity contribution in [2.24, 2.45) is 0 Å². The minimum atomic E-state index is -1.85. The minimum Gasteiger partial charge on any atom is -0.337 e. The van der Waals surface area contributed by atoms with Gasteiger partial charge in [0.2, 0.25) is 0 Å². The van der Waals surface area contributed by atoms with Crippen molar-refractivity contribution in [2.45, 2.75) is 85.1 Å². The van der Waals surface area contributed by atoms with Crippen molar-refractivity contribution in [3.8, 4) is 5.69 Å². The maximum absolute atomic E-state index is 14.5. The van der Waals surface area contributed by atoms with Crippen LogP contribution in [0.3, 0.4) is 0 Å². The summed E-state index contributed by atoms with van der Waals surface area (Å²) in [6.45, 7) is 14.0. The molecule has 1 atom stereocenters. The molecule has 4 aromatic carbocycles. The summed E-state index contributed by atoms with van der Waals surface area (Å²) in [6, 6.07) is 24.1. The fraction of sp³-hybridized carbons (Fsp3) is 0.349. The summed E-state index contributed by atoms with van der Waals surface area (Å²) in [5.41, 5.74) is 4.78. The second-order valence-electron chi connectivity index (χ2n) is 13.3. The number of carbonyl (C=O) groups excluding carboxylic acids is 3. The fourth-order valence-corrected chi connectivity index (χ4v) is 7.59. The van der Waals surface area contributed by atoms with Crippen LogP contribution in [0.15, 0.2) is 83.8 Å². The van der Waals surface area contributed by atoms with Crippen molar-refractivity contribution in [2.75, 3.05) is 19.6 Å². The SMILES string of the molecule is CC.CCCCN(CCCC)C(=O)c1nn(-c2ccc(C(=O)NS(=O)c3ccc4ccccc4c3)cc2C(=O)N2CCc3ccc(C)cc3C2)c(C)c1Cl. The number of carbonyl (C=O) groups is 3. The molecule has 2 heterocycles. The highest BCUT2D eigenvalue weighted by Crippen LogP contribution is 2.29. The second kappa shape index (κ2) is 18.5. The standard InChI is InChI=1S/C41H44ClN5O4S.C2H6/c1-5-7-20-45(21-8-6-2)41(50)38-37(42)28(4)47(43-38)36-18-16-32(39(48)44-52(51)34-17-15-29-11-9-10-12-31(29)24-34)25-35(36)40(49)46-22-19-30-14-13-27(3)23-33(30)26-46;1-2/h9-18,23-25H,5-8,19-22,26H2,1-4H3,(H,44,48);1-2H3. The molecule has 0 radical (unpaired) electrons. The number of unbranched alkanes of at least 4 members (excludes halogenated alkanes) is 2. The van der Waals surface area contributed by atoms with Gasteiger partial charge in [-0.15, -0.1) is 0 Å². The molecule has 9 nitrogen and oxygen atoms in total. The number of fused-ring (bicyclic) bond motifs is 2. The van der Waals surface area contributed by atoms with Crippen LogP contribution in [0, 0.1) is 13.8 Å². The lowest BCUT2D eigenvalue weighted by Gasteiger charge is -2.30. The zero-order chi connectivity index (χ0) is 38.9. The molecule has 0 spiro atoms. The van der Waals surface area contributed by atoms with E-state index in [-0.39, 0.29) is 33.7 Å². The van der Waals surface area contributed by atoms with Crippen LogP contribution >= 0.6 is 11.6 Å². The highest BCUT2D eigenvalue weighted by molar-refractivity contribution is 7.83. The topological polar surface area (TPSA) is 105 Å². The lowest BCUT2D eigenvalue weighted by atomic mass is 9.97. The Hall–Kier alpha value is -4.80. The van der Waals surface area contributed by atoms with Crippen LogP contribution in [0.25, 0.3) is 16.5 Å². The van der Waals surface area contributed by atoms with Gasteiger partial charge in [-0.1, -0.05) is 106 Å². The molecule has 0 saturated carbocycles. The number of amides is 3. The van der Waals surface area contributed by atoms with Gasteiger partial charge >= 0.3 is 0 Å². The highest BCUT2D eigenvalue weighted by atomic mass is 35.5. The Balaban J connectivity index is 0.00000276. The Morgan fingerprint density at radius 3 is 2.28 bits per heavy atom. The molecule has 1 N–H and O–H groups in total. The van der Waals surface area contributed by atoms with Gasteiger partial charge < -0.3 is 9.80 Å². The number of aromatic nitrogens is 2. The summed E-state index contributed by atoms with van der Waals surface area (Å²) < 4.78 is 17.5. The molecule has 1 unspecified atom stereocenters. The van der Waals surface area contributed by atoms with E-state index in [9.17, 15) is 18.6 Å². The van der Waals surface area contributed by atoms with Crippen LogP contribution in [0.2, 0.25) is 5.02 Å². The number of halogens is 1. The molecule has 0 fully saturated rings. The highest BCUT2D eigenvalue weighted by Gasteiger charge is 2.29. The summed E-state index contributed by atoms with van der Waals surface area (Å²) in [4.78, 5) is 46.0.